The molecule has 126 valence electrons. The lowest BCUT2D eigenvalue weighted by molar-refractivity contribution is -0.0247. The van der Waals surface area contributed by atoms with Crippen molar-refractivity contribution in [3.63, 3.8) is 0 Å². The lowest BCUT2D eigenvalue weighted by atomic mass is 10.1. The highest BCUT2D eigenvalue weighted by Gasteiger charge is 2.32. The number of fused-ring (bicyclic) bond motifs is 1. The monoisotopic (exact) mass is 328 g/mol. The van der Waals surface area contributed by atoms with Crippen molar-refractivity contribution in [1.82, 2.24) is 25.1 Å². The largest absolute Gasteiger partial charge is 0.372 e. The fraction of sp³-hybridized carbons (Fsp3) is 0.500. The standard InChI is InChI=1S/C16H20N6O2/c1-17-15-14(18-5-6-19-15)12-9-22(7-8-24-12)16(23)13-10-3-2-4-11(10)20-21-13/h5-6,12H,2-4,7-9H2,1H3,(H,17,19)(H,20,21)/t12-/m1/s1. The fourth-order valence-electron chi connectivity index (χ4n) is 3.42. The number of ether oxygens (including phenoxy) is 1. The Morgan fingerprint density at radius 1 is 1.38 bits per heavy atom. The smallest absolute Gasteiger partial charge is 0.274 e. The van der Waals surface area contributed by atoms with Crippen molar-refractivity contribution in [2.75, 3.05) is 32.1 Å². The molecule has 2 aromatic rings. The van der Waals surface area contributed by atoms with Crippen LogP contribution in [-0.2, 0) is 17.6 Å². The summed E-state index contributed by atoms with van der Waals surface area (Å²) in [5.41, 5.74) is 3.48. The Balaban J connectivity index is 1.55. The first-order valence-electron chi connectivity index (χ1n) is 8.23. The first-order chi connectivity index (χ1) is 11.8. The fourth-order valence-corrected chi connectivity index (χ4v) is 3.42. The number of rotatable bonds is 3. The molecule has 3 heterocycles. The predicted molar refractivity (Wildman–Crippen MR) is 86.8 cm³/mol. The van der Waals surface area contributed by atoms with E-state index in [2.05, 4.69) is 25.5 Å². The Kier molecular flexibility index (Phi) is 3.89. The first-order valence-corrected chi connectivity index (χ1v) is 8.23. The molecule has 0 saturated carbocycles. The molecular formula is C16H20N6O2. The number of aromatic amines is 1. The van der Waals surface area contributed by atoms with E-state index in [1.807, 2.05) is 0 Å². The molecule has 0 radical (unpaired) electrons. The van der Waals surface area contributed by atoms with Crippen LogP contribution < -0.4 is 5.32 Å². The number of nitrogens with zero attached hydrogens (tertiary/aromatic N) is 4. The third-order valence-electron chi connectivity index (χ3n) is 4.63. The maximum Gasteiger partial charge on any atom is 0.274 e. The molecule has 2 N–H and O–H groups in total. The Hall–Kier alpha value is -2.48. The Labute approximate surface area is 139 Å². The van der Waals surface area contributed by atoms with Gasteiger partial charge < -0.3 is 15.0 Å². The van der Waals surface area contributed by atoms with E-state index in [1.54, 1.807) is 24.3 Å². The molecule has 4 rings (SSSR count). The number of H-pyrrole nitrogens is 1. The quantitative estimate of drug-likeness (QED) is 0.871. The summed E-state index contributed by atoms with van der Waals surface area (Å²) in [6.07, 6.45) is 5.97. The molecule has 1 saturated heterocycles. The molecule has 0 bridgehead atoms. The zero-order chi connectivity index (χ0) is 16.5. The van der Waals surface area contributed by atoms with Crippen LogP contribution in [0.2, 0.25) is 0 Å². The van der Waals surface area contributed by atoms with Gasteiger partial charge >= 0.3 is 0 Å². The van der Waals surface area contributed by atoms with Gasteiger partial charge in [0.05, 0.1) is 13.2 Å². The van der Waals surface area contributed by atoms with Gasteiger partial charge in [-0.2, -0.15) is 5.10 Å². The van der Waals surface area contributed by atoms with Crippen molar-refractivity contribution >= 4 is 11.7 Å². The number of nitrogens with one attached hydrogen (secondary N) is 2. The van der Waals surface area contributed by atoms with Crippen LogP contribution in [0.4, 0.5) is 5.82 Å². The highest BCUT2D eigenvalue weighted by Crippen LogP contribution is 2.28. The van der Waals surface area contributed by atoms with E-state index in [9.17, 15) is 4.79 Å². The number of anilines is 1. The normalized spacial score (nSPS) is 20.0. The van der Waals surface area contributed by atoms with E-state index in [4.69, 9.17) is 4.74 Å². The number of morpholine rings is 1. The van der Waals surface area contributed by atoms with Crippen LogP contribution in [0.15, 0.2) is 12.4 Å². The molecule has 1 fully saturated rings. The maximum atomic E-state index is 12.9. The summed E-state index contributed by atoms with van der Waals surface area (Å²) in [5, 5.41) is 10.3. The van der Waals surface area contributed by atoms with E-state index >= 15 is 0 Å². The van der Waals surface area contributed by atoms with Crippen molar-refractivity contribution in [3.8, 4) is 0 Å². The minimum Gasteiger partial charge on any atom is -0.372 e. The van der Waals surface area contributed by atoms with Crippen molar-refractivity contribution in [1.29, 1.82) is 0 Å². The van der Waals surface area contributed by atoms with Gasteiger partial charge in [-0.1, -0.05) is 0 Å². The van der Waals surface area contributed by atoms with Gasteiger partial charge in [0.15, 0.2) is 5.69 Å². The van der Waals surface area contributed by atoms with Gasteiger partial charge in [-0.05, 0) is 19.3 Å². The Morgan fingerprint density at radius 2 is 2.25 bits per heavy atom. The highest BCUT2D eigenvalue weighted by atomic mass is 16.5. The van der Waals surface area contributed by atoms with Gasteiger partial charge in [0.2, 0.25) is 0 Å². The number of amides is 1. The summed E-state index contributed by atoms with van der Waals surface area (Å²) in [7, 11) is 1.80. The number of carbonyl (C=O) groups excluding carboxylic acids is 1. The van der Waals surface area contributed by atoms with Gasteiger partial charge in [0.1, 0.15) is 17.6 Å². The maximum absolute atomic E-state index is 12.9. The number of hydrogen-bond donors (Lipinski definition) is 2. The molecule has 1 aliphatic carbocycles. The average molecular weight is 328 g/mol. The highest BCUT2D eigenvalue weighted by molar-refractivity contribution is 5.94. The minimum atomic E-state index is -0.286. The van der Waals surface area contributed by atoms with E-state index in [0.29, 0.717) is 31.2 Å². The molecular weight excluding hydrogens is 308 g/mol. The van der Waals surface area contributed by atoms with Crippen LogP contribution in [0.1, 0.15) is 40.0 Å². The van der Waals surface area contributed by atoms with E-state index in [0.717, 1.165) is 36.2 Å². The van der Waals surface area contributed by atoms with Gasteiger partial charge in [0, 0.05) is 37.2 Å². The molecule has 24 heavy (non-hydrogen) atoms. The molecule has 0 spiro atoms. The number of aromatic nitrogens is 4. The van der Waals surface area contributed by atoms with Crippen molar-refractivity contribution in [2.24, 2.45) is 0 Å². The van der Waals surface area contributed by atoms with E-state index in [-0.39, 0.29) is 12.0 Å². The summed E-state index contributed by atoms with van der Waals surface area (Å²) in [6.45, 7) is 1.49. The molecule has 1 atom stereocenters. The summed E-state index contributed by atoms with van der Waals surface area (Å²) < 4.78 is 5.83. The lowest BCUT2D eigenvalue weighted by Gasteiger charge is -2.32. The van der Waals surface area contributed by atoms with Crippen LogP contribution in [0.5, 0.6) is 0 Å². The van der Waals surface area contributed by atoms with Gasteiger partial charge in [0.25, 0.3) is 5.91 Å². The predicted octanol–water partition coefficient (Wildman–Crippen LogP) is 0.944. The molecule has 8 heteroatoms. The molecule has 0 unspecified atom stereocenters. The molecule has 2 aliphatic rings. The van der Waals surface area contributed by atoms with Crippen LogP contribution >= 0.6 is 0 Å². The summed E-state index contributed by atoms with van der Waals surface area (Å²) >= 11 is 0. The Bertz CT molecular complexity index is 759. The second-order valence-corrected chi connectivity index (χ2v) is 6.03. The van der Waals surface area contributed by atoms with E-state index < -0.39 is 0 Å². The molecule has 2 aromatic heterocycles. The third-order valence-corrected chi connectivity index (χ3v) is 4.63. The van der Waals surface area contributed by atoms with E-state index in [1.165, 1.54) is 0 Å². The Morgan fingerprint density at radius 3 is 3.12 bits per heavy atom. The zero-order valence-corrected chi connectivity index (χ0v) is 13.6. The van der Waals surface area contributed by atoms with Crippen molar-refractivity contribution in [2.45, 2.75) is 25.4 Å². The molecule has 1 amide bonds. The molecule has 0 aromatic carbocycles. The number of carbonyl (C=O) groups is 1. The third kappa shape index (κ3) is 2.52. The lowest BCUT2D eigenvalue weighted by Crippen LogP contribution is -2.43. The van der Waals surface area contributed by atoms with Crippen LogP contribution in [0.25, 0.3) is 0 Å². The second-order valence-electron chi connectivity index (χ2n) is 6.03. The van der Waals surface area contributed by atoms with Gasteiger partial charge in [-0.25, -0.2) is 4.98 Å². The SMILES string of the molecule is CNc1nccnc1[C@H]1CN(C(=O)c2n[nH]c3c2CCC3)CCO1. The topological polar surface area (TPSA) is 96.0 Å². The van der Waals surface area contributed by atoms with Gasteiger partial charge in [-0.3, -0.25) is 14.9 Å². The minimum absolute atomic E-state index is 0.0300. The molecule has 1 aliphatic heterocycles. The summed E-state index contributed by atoms with van der Waals surface area (Å²) in [4.78, 5) is 23.3. The average Bonchev–Trinajstić information content (AvgIpc) is 3.25. The molecule has 8 nitrogen and oxygen atoms in total. The van der Waals surface area contributed by atoms with Crippen LogP contribution in [0.3, 0.4) is 0 Å². The number of aryl methyl sites for hydroxylation is 1. The first kappa shape index (κ1) is 15.1. The summed E-state index contributed by atoms with van der Waals surface area (Å²) in [6, 6.07) is 0. The second kappa shape index (κ2) is 6.20. The summed E-state index contributed by atoms with van der Waals surface area (Å²) in [5.74, 6) is 0.648. The van der Waals surface area contributed by atoms with Crippen LogP contribution in [0, 0.1) is 0 Å². The van der Waals surface area contributed by atoms with Crippen LogP contribution in [-0.4, -0.2) is 57.7 Å². The number of hydrogen-bond acceptors (Lipinski definition) is 6. The van der Waals surface area contributed by atoms with Crippen molar-refractivity contribution in [3.05, 3.63) is 35.0 Å². The zero-order valence-electron chi connectivity index (χ0n) is 13.6. The van der Waals surface area contributed by atoms with Gasteiger partial charge in [-0.15, -0.1) is 0 Å². The van der Waals surface area contributed by atoms with Crippen molar-refractivity contribution < 1.29 is 9.53 Å².